The van der Waals surface area contributed by atoms with Gasteiger partial charge in [0.25, 0.3) is 0 Å². The molecule has 2 rings (SSSR count). The SMILES string of the molecule is CC.CC.COCC(COC1CCC(C(C)(C)C2CCC(OCC(CO)OC)CC2)CC1)OC. The van der Waals surface area contributed by atoms with E-state index in [0.717, 1.165) is 37.5 Å². The molecule has 0 aromatic rings. The van der Waals surface area contributed by atoms with Crippen molar-refractivity contribution in [2.24, 2.45) is 17.3 Å². The molecule has 0 aliphatic heterocycles. The van der Waals surface area contributed by atoms with Crippen molar-refractivity contribution in [1.82, 2.24) is 0 Å². The third kappa shape index (κ3) is 11.7. The lowest BCUT2D eigenvalue weighted by Gasteiger charge is -2.46. The average molecular weight is 491 g/mol. The third-order valence-corrected chi connectivity index (χ3v) is 7.71. The van der Waals surface area contributed by atoms with E-state index in [0.29, 0.717) is 37.4 Å². The highest BCUT2D eigenvalue weighted by Crippen LogP contribution is 2.48. The summed E-state index contributed by atoms with van der Waals surface area (Å²) in [5, 5.41) is 9.24. The maximum Gasteiger partial charge on any atom is 0.104 e. The van der Waals surface area contributed by atoms with Crippen LogP contribution in [-0.2, 0) is 23.7 Å². The molecule has 6 nitrogen and oxygen atoms in total. The van der Waals surface area contributed by atoms with Gasteiger partial charge in [-0.15, -0.1) is 0 Å². The molecule has 2 fully saturated rings. The second-order valence-corrected chi connectivity index (χ2v) is 9.79. The molecule has 34 heavy (non-hydrogen) atoms. The quantitative estimate of drug-likeness (QED) is 0.347. The Bertz CT molecular complexity index is 438. The van der Waals surface area contributed by atoms with Gasteiger partial charge in [-0.3, -0.25) is 0 Å². The van der Waals surface area contributed by atoms with E-state index in [2.05, 4.69) is 13.8 Å². The van der Waals surface area contributed by atoms with E-state index in [1.54, 1.807) is 21.3 Å². The lowest BCUT2D eigenvalue weighted by atomic mass is 9.60. The number of rotatable bonds is 13. The Morgan fingerprint density at radius 1 is 0.647 bits per heavy atom. The van der Waals surface area contributed by atoms with E-state index in [9.17, 15) is 5.11 Å². The van der Waals surface area contributed by atoms with Gasteiger partial charge in [-0.2, -0.15) is 0 Å². The van der Waals surface area contributed by atoms with Crippen molar-refractivity contribution < 1.29 is 28.8 Å². The van der Waals surface area contributed by atoms with Crippen LogP contribution in [0.4, 0.5) is 0 Å². The first kappa shape index (κ1) is 33.8. The fraction of sp³-hybridized carbons (Fsp3) is 1.00. The van der Waals surface area contributed by atoms with Crippen molar-refractivity contribution in [3.05, 3.63) is 0 Å². The number of aliphatic hydroxyl groups excluding tert-OH is 1. The van der Waals surface area contributed by atoms with E-state index in [-0.39, 0.29) is 18.8 Å². The van der Waals surface area contributed by atoms with Crippen LogP contribution in [0.5, 0.6) is 0 Å². The molecule has 2 aliphatic rings. The summed E-state index contributed by atoms with van der Waals surface area (Å²) in [5.41, 5.74) is 0.362. The largest absolute Gasteiger partial charge is 0.394 e. The van der Waals surface area contributed by atoms with Gasteiger partial charge in [0.15, 0.2) is 0 Å². The highest BCUT2D eigenvalue weighted by Gasteiger charge is 2.40. The molecule has 0 spiro atoms. The molecule has 0 amide bonds. The molecule has 6 heteroatoms. The molecule has 2 aliphatic carbocycles. The average Bonchev–Trinajstić information content (AvgIpc) is 2.90. The van der Waals surface area contributed by atoms with Crippen LogP contribution in [0.2, 0.25) is 0 Å². The monoisotopic (exact) mass is 490 g/mol. The summed E-state index contributed by atoms with van der Waals surface area (Å²) in [6, 6.07) is 0. The highest BCUT2D eigenvalue weighted by atomic mass is 16.6. The van der Waals surface area contributed by atoms with Crippen LogP contribution in [0, 0.1) is 17.3 Å². The van der Waals surface area contributed by atoms with Gasteiger partial charge in [-0.1, -0.05) is 41.5 Å². The molecular weight excluding hydrogens is 432 g/mol. The van der Waals surface area contributed by atoms with Crippen LogP contribution in [-0.4, -0.2) is 77.3 Å². The molecule has 0 radical (unpaired) electrons. The zero-order chi connectivity index (χ0) is 26.0. The number of methoxy groups -OCH3 is 3. The highest BCUT2D eigenvalue weighted by molar-refractivity contribution is 4.91. The number of aliphatic hydroxyl groups is 1. The predicted octanol–water partition coefficient (Wildman–Crippen LogP) is 5.88. The van der Waals surface area contributed by atoms with Gasteiger partial charge in [-0.25, -0.2) is 0 Å². The van der Waals surface area contributed by atoms with Crippen LogP contribution >= 0.6 is 0 Å². The number of hydrogen-bond donors (Lipinski definition) is 1. The Morgan fingerprint density at radius 3 is 1.35 bits per heavy atom. The van der Waals surface area contributed by atoms with Gasteiger partial charge in [0.05, 0.1) is 38.6 Å². The van der Waals surface area contributed by atoms with Crippen LogP contribution in [0.3, 0.4) is 0 Å². The van der Waals surface area contributed by atoms with Crippen LogP contribution in [0.15, 0.2) is 0 Å². The smallest absolute Gasteiger partial charge is 0.104 e. The van der Waals surface area contributed by atoms with E-state index in [1.807, 2.05) is 27.7 Å². The third-order valence-electron chi connectivity index (χ3n) is 7.71. The zero-order valence-electron chi connectivity index (χ0n) is 23.9. The van der Waals surface area contributed by atoms with Crippen molar-refractivity contribution in [2.45, 2.75) is 117 Å². The van der Waals surface area contributed by atoms with Gasteiger partial charge in [0, 0.05) is 21.3 Å². The van der Waals surface area contributed by atoms with Gasteiger partial charge >= 0.3 is 0 Å². The van der Waals surface area contributed by atoms with Crippen molar-refractivity contribution in [3.8, 4) is 0 Å². The molecule has 2 unspecified atom stereocenters. The Hall–Kier alpha value is -0.240. The van der Waals surface area contributed by atoms with Crippen molar-refractivity contribution in [2.75, 3.05) is 47.8 Å². The van der Waals surface area contributed by atoms with Crippen LogP contribution in [0.25, 0.3) is 0 Å². The summed E-state index contributed by atoms with van der Waals surface area (Å²) < 4.78 is 27.9. The topological polar surface area (TPSA) is 66.4 Å². The maximum atomic E-state index is 9.24. The van der Waals surface area contributed by atoms with Crippen LogP contribution < -0.4 is 0 Å². The molecule has 0 aromatic carbocycles. The van der Waals surface area contributed by atoms with Gasteiger partial charge in [0.2, 0.25) is 0 Å². The van der Waals surface area contributed by atoms with Gasteiger partial charge in [-0.05, 0) is 68.6 Å². The zero-order valence-corrected chi connectivity index (χ0v) is 23.9. The summed E-state index contributed by atoms with van der Waals surface area (Å²) in [5.74, 6) is 1.53. The lowest BCUT2D eigenvalue weighted by Crippen LogP contribution is -2.39. The summed E-state index contributed by atoms with van der Waals surface area (Å²) in [6.45, 7) is 14.7. The van der Waals surface area contributed by atoms with Crippen molar-refractivity contribution in [3.63, 3.8) is 0 Å². The standard InChI is InChI=1S/C24H46O6.2C2H6/c1-24(2,18-6-10-20(11-7-18)29-16-22(14-25)27-4)19-8-12-21(13-9-19)30-17-23(28-5)15-26-3;2*1-2/h18-23,25H,6-17H2,1-5H3;2*1-2H3. The molecule has 0 saturated heterocycles. The molecule has 206 valence electrons. The first-order valence-corrected chi connectivity index (χ1v) is 13.8. The second kappa shape index (κ2) is 19.9. The number of hydrogen-bond acceptors (Lipinski definition) is 6. The summed E-state index contributed by atoms with van der Waals surface area (Å²) >= 11 is 0. The first-order chi connectivity index (χ1) is 16.4. The maximum absolute atomic E-state index is 9.24. The summed E-state index contributed by atoms with van der Waals surface area (Å²) in [4.78, 5) is 0. The summed E-state index contributed by atoms with van der Waals surface area (Å²) in [7, 11) is 5.04. The minimum atomic E-state index is -0.203. The molecule has 0 bridgehead atoms. The van der Waals surface area contributed by atoms with Gasteiger partial charge in [0.1, 0.15) is 12.2 Å². The van der Waals surface area contributed by atoms with Gasteiger partial charge < -0.3 is 28.8 Å². The summed E-state index contributed by atoms with van der Waals surface area (Å²) in [6.07, 6.45) is 9.99. The number of ether oxygens (including phenoxy) is 5. The first-order valence-electron chi connectivity index (χ1n) is 13.8. The van der Waals surface area contributed by atoms with E-state index in [4.69, 9.17) is 23.7 Å². The molecule has 2 saturated carbocycles. The Morgan fingerprint density at radius 2 is 1.03 bits per heavy atom. The fourth-order valence-corrected chi connectivity index (χ4v) is 5.33. The Labute approximate surface area is 211 Å². The molecule has 1 N–H and O–H groups in total. The molecule has 0 aromatic heterocycles. The molecular formula is C28H58O6. The van der Waals surface area contributed by atoms with E-state index in [1.165, 1.54) is 25.7 Å². The minimum absolute atomic E-state index is 0.0176. The molecule has 0 heterocycles. The minimum Gasteiger partial charge on any atom is -0.394 e. The van der Waals surface area contributed by atoms with Crippen molar-refractivity contribution in [1.29, 1.82) is 0 Å². The predicted molar refractivity (Wildman–Crippen MR) is 140 cm³/mol. The fourth-order valence-electron chi connectivity index (χ4n) is 5.33. The Balaban J connectivity index is 0.00000258. The van der Waals surface area contributed by atoms with Crippen LogP contribution in [0.1, 0.15) is 92.9 Å². The van der Waals surface area contributed by atoms with E-state index >= 15 is 0 Å². The Kier molecular flexibility index (Phi) is 19.7. The molecule has 2 atom stereocenters. The van der Waals surface area contributed by atoms with E-state index < -0.39 is 0 Å². The van der Waals surface area contributed by atoms with Crippen molar-refractivity contribution >= 4 is 0 Å². The lowest BCUT2D eigenvalue weighted by molar-refractivity contribution is -0.0799. The second-order valence-electron chi connectivity index (χ2n) is 9.79. The normalized spacial score (nSPS) is 27.0.